The van der Waals surface area contributed by atoms with Gasteiger partial charge in [0.2, 0.25) is 0 Å². The molecule has 29 heavy (non-hydrogen) atoms. The molecule has 0 saturated carbocycles. The van der Waals surface area contributed by atoms with E-state index >= 15 is 0 Å². The number of aromatic nitrogens is 2. The Bertz CT molecular complexity index is 1010. The normalized spacial score (nSPS) is 17.5. The molecule has 0 spiro atoms. The molecular weight excluding hydrogens is 404 g/mol. The summed E-state index contributed by atoms with van der Waals surface area (Å²) in [7, 11) is 0. The SMILES string of the molecule is Cc1nn(Cc2ccc(Cl)cc2)c2sc(C(=O)NCC3CCN(C(C)C)C3)cc12. The zero-order chi connectivity index (χ0) is 20.5. The monoisotopic (exact) mass is 430 g/mol. The van der Waals surface area contributed by atoms with Crippen molar-refractivity contribution in [3.63, 3.8) is 0 Å². The van der Waals surface area contributed by atoms with E-state index in [-0.39, 0.29) is 5.91 Å². The first-order valence-corrected chi connectivity index (χ1v) is 11.3. The highest BCUT2D eigenvalue weighted by Gasteiger charge is 2.25. The van der Waals surface area contributed by atoms with Gasteiger partial charge in [0.1, 0.15) is 4.83 Å². The van der Waals surface area contributed by atoms with Crippen molar-refractivity contribution in [2.24, 2.45) is 5.92 Å². The smallest absolute Gasteiger partial charge is 0.261 e. The molecule has 2 aromatic heterocycles. The predicted octanol–water partition coefficient (Wildman–Crippen LogP) is 4.57. The van der Waals surface area contributed by atoms with Gasteiger partial charge >= 0.3 is 0 Å². The minimum atomic E-state index is 0.0200. The summed E-state index contributed by atoms with van der Waals surface area (Å²) in [6.07, 6.45) is 1.15. The first kappa shape index (κ1) is 20.4. The number of thiophene rings is 1. The second kappa shape index (κ2) is 8.46. The Labute approximate surface area is 180 Å². The van der Waals surface area contributed by atoms with E-state index in [0.717, 1.165) is 57.4 Å². The van der Waals surface area contributed by atoms with Gasteiger partial charge in [-0.3, -0.25) is 9.48 Å². The molecule has 1 aliphatic rings. The number of benzene rings is 1. The Balaban J connectivity index is 1.44. The molecule has 7 heteroatoms. The van der Waals surface area contributed by atoms with Crippen LogP contribution in [0.5, 0.6) is 0 Å². The fourth-order valence-corrected chi connectivity index (χ4v) is 5.12. The van der Waals surface area contributed by atoms with Crippen molar-refractivity contribution in [1.29, 1.82) is 0 Å². The average molecular weight is 431 g/mol. The van der Waals surface area contributed by atoms with E-state index in [1.165, 1.54) is 11.3 Å². The second-order valence-corrected chi connectivity index (χ2v) is 9.62. The minimum absolute atomic E-state index is 0.0200. The molecule has 5 nitrogen and oxygen atoms in total. The summed E-state index contributed by atoms with van der Waals surface area (Å²) in [5, 5.41) is 9.59. The molecular formula is C22H27ClN4OS. The van der Waals surface area contributed by atoms with Crippen molar-refractivity contribution in [3.8, 4) is 0 Å². The third-order valence-electron chi connectivity index (χ3n) is 5.68. The number of likely N-dealkylation sites (tertiary alicyclic amines) is 1. The zero-order valence-electron chi connectivity index (χ0n) is 17.1. The van der Waals surface area contributed by atoms with Gasteiger partial charge in [-0.1, -0.05) is 23.7 Å². The van der Waals surface area contributed by atoms with Crippen molar-refractivity contribution < 1.29 is 4.79 Å². The van der Waals surface area contributed by atoms with E-state index in [2.05, 4.69) is 29.2 Å². The van der Waals surface area contributed by atoms with Gasteiger partial charge in [-0.05, 0) is 63.4 Å². The number of hydrogen-bond acceptors (Lipinski definition) is 4. The molecule has 0 radical (unpaired) electrons. The Morgan fingerprint density at radius 1 is 1.34 bits per heavy atom. The molecule has 3 aromatic rings. The molecule has 3 heterocycles. The van der Waals surface area contributed by atoms with Gasteiger partial charge in [-0.2, -0.15) is 5.10 Å². The number of hydrogen-bond donors (Lipinski definition) is 1. The quantitative estimate of drug-likeness (QED) is 0.623. The summed E-state index contributed by atoms with van der Waals surface area (Å²) in [5.41, 5.74) is 2.08. The Morgan fingerprint density at radius 3 is 2.79 bits per heavy atom. The molecule has 1 amide bonds. The van der Waals surface area contributed by atoms with Crippen molar-refractivity contribution in [2.75, 3.05) is 19.6 Å². The van der Waals surface area contributed by atoms with Crippen LogP contribution in [0.3, 0.4) is 0 Å². The summed E-state index contributed by atoms with van der Waals surface area (Å²) >= 11 is 7.50. The highest BCUT2D eigenvalue weighted by atomic mass is 35.5. The fourth-order valence-electron chi connectivity index (χ4n) is 3.92. The summed E-state index contributed by atoms with van der Waals surface area (Å²) in [6.45, 7) is 10.1. The predicted molar refractivity (Wildman–Crippen MR) is 120 cm³/mol. The van der Waals surface area contributed by atoms with Gasteiger partial charge < -0.3 is 10.2 Å². The van der Waals surface area contributed by atoms with Crippen LogP contribution in [0, 0.1) is 12.8 Å². The van der Waals surface area contributed by atoms with Crippen LogP contribution in [0.25, 0.3) is 10.2 Å². The van der Waals surface area contributed by atoms with E-state index in [1.807, 2.05) is 41.9 Å². The third-order valence-corrected chi connectivity index (χ3v) is 7.07. The number of fused-ring (bicyclic) bond motifs is 1. The lowest BCUT2D eigenvalue weighted by Crippen LogP contribution is -2.32. The van der Waals surface area contributed by atoms with E-state index in [4.69, 9.17) is 11.6 Å². The van der Waals surface area contributed by atoms with E-state index in [1.54, 1.807) is 0 Å². The van der Waals surface area contributed by atoms with Crippen molar-refractivity contribution in [2.45, 2.75) is 39.8 Å². The van der Waals surface area contributed by atoms with E-state index < -0.39 is 0 Å². The number of amides is 1. The van der Waals surface area contributed by atoms with Crippen molar-refractivity contribution >= 4 is 39.1 Å². The number of halogens is 1. The van der Waals surface area contributed by atoms with Crippen LogP contribution < -0.4 is 5.32 Å². The molecule has 4 rings (SSSR count). The lowest BCUT2D eigenvalue weighted by atomic mass is 10.1. The van der Waals surface area contributed by atoms with Gasteiger partial charge in [0.15, 0.2) is 0 Å². The summed E-state index contributed by atoms with van der Waals surface area (Å²) in [5.74, 6) is 0.560. The van der Waals surface area contributed by atoms with Crippen LogP contribution >= 0.6 is 22.9 Å². The van der Waals surface area contributed by atoms with Gasteiger partial charge in [0.25, 0.3) is 5.91 Å². The molecule has 1 N–H and O–H groups in total. The van der Waals surface area contributed by atoms with E-state index in [0.29, 0.717) is 18.5 Å². The van der Waals surface area contributed by atoms with Crippen molar-refractivity contribution in [3.05, 3.63) is 51.5 Å². The Kier molecular flexibility index (Phi) is 5.95. The zero-order valence-corrected chi connectivity index (χ0v) is 18.7. The molecule has 0 bridgehead atoms. The molecule has 1 unspecified atom stereocenters. The van der Waals surface area contributed by atoms with Crippen LogP contribution in [0.1, 0.15) is 41.2 Å². The largest absolute Gasteiger partial charge is 0.351 e. The first-order chi connectivity index (χ1) is 13.9. The maximum Gasteiger partial charge on any atom is 0.261 e. The molecule has 1 aliphatic heterocycles. The molecule has 1 aromatic carbocycles. The summed E-state index contributed by atoms with van der Waals surface area (Å²) in [6, 6.07) is 10.3. The number of aryl methyl sites for hydroxylation is 1. The van der Waals surface area contributed by atoms with Gasteiger partial charge in [-0.25, -0.2) is 0 Å². The highest BCUT2D eigenvalue weighted by molar-refractivity contribution is 7.20. The van der Waals surface area contributed by atoms with Crippen LogP contribution in [-0.2, 0) is 6.54 Å². The fraction of sp³-hybridized carbons (Fsp3) is 0.455. The minimum Gasteiger partial charge on any atom is -0.351 e. The average Bonchev–Trinajstić information content (AvgIpc) is 3.40. The van der Waals surface area contributed by atoms with Crippen molar-refractivity contribution in [1.82, 2.24) is 20.0 Å². The molecule has 1 saturated heterocycles. The maximum absolute atomic E-state index is 12.7. The maximum atomic E-state index is 12.7. The highest BCUT2D eigenvalue weighted by Crippen LogP contribution is 2.29. The topological polar surface area (TPSA) is 50.2 Å². The molecule has 154 valence electrons. The van der Waals surface area contributed by atoms with Crippen LogP contribution in [0.2, 0.25) is 5.02 Å². The number of carbonyl (C=O) groups is 1. The molecule has 1 fully saturated rings. The number of nitrogens with zero attached hydrogens (tertiary/aromatic N) is 3. The van der Waals surface area contributed by atoms with Gasteiger partial charge in [0.05, 0.1) is 17.1 Å². The summed E-state index contributed by atoms with van der Waals surface area (Å²) in [4.78, 5) is 17.0. The second-order valence-electron chi connectivity index (χ2n) is 8.15. The lowest BCUT2D eigenvalue weighted by Gasteiger charge is -2.20. The number of rotatable bonds is 6. The van der Waals surface area contributed by atoms with Gasteiger partial charge in [-0.15, -0.1) is 11.3 Å². The van der Waals surface area contributed by atoms with Crippen LogP contribution in [0.4, 0.5) is 0 Å². The Hall–Kier alpha value is -1.89. The third kappa shape index (κ3) is 4.49. The number of nitrogens with one attached hydrogen (secondary N) is 1. The molecule has 1 atom stereocenters. The van der Waals surface area contributed by atoms with Crippen LogP contribution in [-0.4, -0.2) is 46.3 Å². The van der Waals surface area contributed by atoms with E-state index in [9.17, 15) is 4.79 Å². The summed E-state index contributed by atoms with van der Waals surface area (Å²) < 4.78 is 1.98. The molecule has 0 aliphatic carbocycles. The standard InChI is InChI=1S/C22H27ClN4OS/c1-14(2)26-9-8-17(12-26)11-24-21(28)20-10-19-15(3)25-27(22(19)29-20)13-16-4-6-18(23)7-5-16/h4-7,10,14,17H,8-9,11-13H2,1-3H3,(H,24,28). The van der Waals surface area contributed by atoms with Gasteiger partial charge in [0, 0.05) is 29.5 Å². The first-order valence-electron chi connectivity index (χ1n) is 10.1. The Morgan fingerprint density at radius 2 is 2.10 bits per heavy atom. The van der Waals surface area contributed by atoms with Crippen LogP contribution in [0.15, 0.2) is 30.3 Å². The number of carbonyl (C=O) groups excluding carboxylic acids is 1. The lowest BCUT2D eigenvalue weighted by molar-refractivity contribution is 0.0951.